The molecule has 0 spiro atoms. The monoisotopic (exact) mass is 346 g/mol. The minimum absolute atomic E-state index is 0.0562. The summed E-state index contributed by atoms with van der Waals surface area (Å²) in [6, 6.07) is 3.57. The predicted molar refractivity (Wildman–Crippen MR) is 90.4 cm³/mol. The van der Waals surface area contributed by atoms with Crippen LogP contribution in [0, 0.1) is 6.92 Å². The van der Waals surface area contributed by atoms with Gasteiger partial charge in [0.15, 0.2) is 17.4 Å². The molecule has 1 aliphatic heterocycles. The van der Waals surface area contributed by atoms with Gasteiger partial charge < -0.3 is 24.4 Å². The molecule has 25 heavy (non-hydrogen) atoms. The van der Waals surface area contributed by atoms with Gasteiger partial charge in [0.1, 0.15) is 6.10 Å². The number of likely N-dealkylation sites (tertiary alicyclic amines) is 1. The number of carbonyl (C=O) groups is 1. The van der Waals surface area contributed by atoms with Crippen LogP contribution in [-0.4, -0.2) is 59.3 Å². The molecule has 2 aromatic rings. The van der Waals surface area contributed by atoms with Gasteiger partial charge in [0.05, 0.1) is 13.1 Å². The number of pyridine rings is 1. The zero-order valence-corrected chi connectivity index (χ0v) is 14.6. The molecule has 1 saturated heterocycles. The standard InChI is InChI=1S/C16H22N6O3/c1-11-19-14(25-20-11)9-18-16(23)22-8-6-12(10-22)24-13-5-4-7-17-15(13)21(2)3/h4-5,7,12H,6,8-10H2,1-3H3,(H,18,23)/t12-/m0/s1. The summed E-state index contributed by atoms with van der Waals surface area (Å²) in [7, 11) is 3.84. The maximum absolute atomic E-state index is 12.2. The normalized spacial score (nSPS) is 16.8. The Morgan fingerprint density at radius 2 is 2.36 bits per heavy atom. The van der Waals surface area contributed by atoms with Crippen molar-refractivity contribution in [2.45, 2.75) is 26.0 Å². The molecule has 1 fully saturated rings. The van der Waals surface area contributed by atoms with Crippen LogP contribution < -0.4 is 15.0 Å². The van der Waals surface area contributed by atoms with Gasteiger partial charge in [-0.3, -0.25) is 0 Å². The highest BCUT2D eigenvalue weighted by Gasteiger charge is 2.28. The molecule has 134 valence electrons. The lowest BCUT2D eigenvalue weighted by Gasteiger charge is -2.20. The summed E-state index contributed by atoms with van der Waals surface area (Å²) in [6.45, 7) is 3.11. The first kappa shape index (κ1) is 17.0. The Morgan fingerprint density at radius 3 is 3.08 bits per heavy atom. The second-order valence-electron chi connectivity index (χ2n) is 6.09. The van der Waals surface area contributed by atoms with Gasteiger partial charge in [-0.1, -0.05) is 5.16 Å². The SMILES string of the molecule is Cc1noc(CNC(=O)N2CC[C@H](Oc3cccnc3N(C)C)C2)n1. The number of carbonyl (C=O) groups excluding carboxylic acids is 1. The topological polar surface area (TPSA) is 96.6 Å². The van der Waals surface area contributed by atoms with Crippen LogP contribution in [0.1, 0.15) is 18.1 Å². The van der Waals surface area contributed by atoms with Crippen molar-refractivity contribution < 1.29 is 14.1 Å². The molecule has 0 unspecified atom stereocenters. The average Bonchev–Trinajstić information content (AvgIpc) is 3.22. The number of amides is 2. The summed E-state index contributed by atoms with van der Waals surface area (Å²) in [5.41, 5.74) is 0. The van der Waals surface area contributed by atoms with Crippen molar-refractivity contribution in [1.29, 1.82) is 0 Å². The van der Waals surface area contributed by atoms with Crippen molar-refractivity contribution in [2.24, 2.45) is 0 Å². The molecular formula is C16H22N6O3. The summed E-state index contributed by atoms with van der Waals surface area (Å²) < 4.78 is 11.0. The predicted octanol–water partition coefficient (Wildman–Crippen LogP) is 1.20. The minimum atomic E-state index is -0.166. The molecule has 2 amide bonds. The highest BCUT2D eigenvalue weighted by Crippen LogP contribution is 2.26. The van der Waals surface area contributed by atoms with Crippen molar-refractivity contribution in [3.05, 3.63) is 30.0 Å². The quantitative estimate of drug-likeness (QED) is 0.869. The Bertz CT molecular complexity index is 732. The summed E-state index contributed by atoms with van der Waals surface area (Å²) in [5, 5.41) is 6.48. The lowest BCUT2D eigenvalue weighted by molar-refractivity contribution is 0.185. The van der Waals surface area contributed by atoms with E-state index in [0.29, 0.717) is 24.8 Å². The van der Waals surface area contributed by atoms with Gasteiger partial charge in [0.25, 0.3) is 0 Å². The van der Waals surface area contributed by atoms with Gasteiger partial charge in [0, 0.05) is 33.3 Å². The second-order valence-corrected chi connectivity index (χ2v) is 6.09. The zero-order chi connectivity index (χ0) is 17.8. The molecule has 3 rings (SSSR count). The maximum atomic E-state index is 12.2. The van der Waals surface area contributed by atoms with E-state index in [1.54, 1.807) is 18.0 Å². The van der Waals surface area contributed by atoms with Crippen molar-refractivity contribution >= 4 is 11.8 Å². The molecule has 0 saturated carbocycles. The number of anilines is 1. The summed E-state index contributed by atoms with van der Waals surface area (Å²) in [4.78, 5) is 24.3. The van der Waals surface area contributed by atoms with E-state index < -0.39 is 0 Å². The number of ether oxygens (including phenoxy) is 1. The first-order chi connectivity index (χ1) is 12.0. The Balaban J connectivity index is 1.52. The highest BCUT2D eigenvalue weighted by atomic mass is 16.5. The van der Waals surface area contributed by atoms with Crippen LogP contribution in [-0.2, 0) is 6.54 Å². The summed E-state index contributed by atoms with van der Waals surface area (Å²) in [6.07, 6.45) is 2.45. The lowest BCUT2D eigenvalue weighted by atomic mass is 10.3. The molecule has 9 nitrogen and oxygen atoms in total. The molecule has 0 radical (unpaired) electrons. The van der Waals surface area contributed by atoms with Crippen LogP contribution in [0.3, 0.4) is 0 Å². The van der Waals surface area contributed by atoms with E-state index in [2.05, 4.69) is 20.4 Å². The molecule has 0 bridgehead atoms. The average molecular weight is 346 g/mol. The Kier molecular flexibility index (Phi) is 5.01. The Labute approximate surface area is 146 Å². The van der Waals surface area contributed by atoms with Crippen molar-refractivity contribution in [3.8, 4) is 5.75 Å². The van der Waals surface area contributed by atoms with E-state index in [4.69, 9.17) is 9.26 Å². The van der Waals surface area contributed by atoms with Crippen LogP contribution in [0.2, 0.25) is 0 Å². The van der Waals surface area contributed by atoms with E-state index in [1.165, 1.54) is 0 Å². The molecule has 1 N–H and O–H groups in total. The largest absolute Gasteiger partial charge is 0.485 e. The number of aromatic nitrogens is 3. The molecule has 0 aromatic carbocycles. The number of hydrogen-bond acceptors (Lipinski definition) is 7. The molecule has 0 aliphatic carbocycles. The van der Waals surface area contributed by atoms with E-state index in [-0.39, 0.29) is 18.7 Å². The van der Waals surface area contributed by atoms with Crippen molar-refractivity contribution in [1.82, 2.24) is 25.3 Å². The van der Waals surface area contributed by atoms with Gasteiger partial charge in [-0.05, 0) is 19.1 Å². The fourth-order valence-electron chi connectivity index (χ4n) is 2.67. The first-order valence-corrected chi connectivity index (χ1v) is 8.14. The number of urea groups is 1. The number of nitrogens with zero attached hydrogens (tertiary/aromatic N) is 5. The number of rotatable bonds is 5. The number of hydrogen-bond donors (Lipinski definition) is 1. The Hall–Kier alpha value is -2.84. The fourth-order valence-corrected chi connectivity index (χ4v) is 2.67. The third-order valence-electron chi connectivity index (χ3n) is 3.86. The molecule has 1 atom stereocenters. The number of nitrogens with one attached hydrogen (secondary N) is 1. The van der Waals surface area contributed by atoms with E-state index in [1.807, 2.05) is 31.1 Å². The van der Waals surface area contributed by atoms with Crippen LogP contribution in [0.15, 0.2) is 22.9 Å². The van der Waals surface area contributed by atoms with Crippen molar-refractivity contribution in [3.63, 3.8) is 0 Å². The van der Waals surface area contributed by atoms with Gasteiger partial charge in [-0.2, -0.15) is 4.98 Å². The fraction of sp³-hybridized carbons (Fsp3) is 0.500. The first-order valence-electron chi connectivity index (χ1n) is 8.14. The summed E-state index contributed by atoms with van der Waals surface area (Å²) in [5.74, 6) is 2.44. The van der Waals surface area contributed by atoms with Gasteiger partial charge >= 0.3 is 6.03 Å². The molecule has 3 heterocycles. The Morgan fingerprint density at radius 1 is 1.52 bits per heavy atom. The van der Waals surface area contributed by atoms with E-state index >= 15 is 0 Å². The molecule has 2 aromatic heterocycles. The summed E-state index contributed by atoms with van der Waals surface area (Å²) >= 11 is 0. The van der Waals surface area contributed by atoms with E-state index in [0.717, 1.165) is 18.0 Å². The van der Waals surface area contributed by atoms with E-state index in [9.17, 15) is 4.79 Å². The molecule has 1 aliphatic rings. The van der Waals surface area contributed by atoms with Crippen LogP contribution >= 0.6 is 0 Å². The van der Waals surface area contributed by atoms with Crippen LogP contribution in [0.4, 0.5) is 10.6 Å². The third kappa shape index (κ3) is 4.17. The highest BCUT2D eigenvalue weighted by molar-refractivity contribution is 5.74. The maximum Gasteiger partial charge on any atom is 0.317 e. The smallest absolute Gasteiger partial charge is 0.317 e. The minimum Gasteiger partial charge on any atom is -0.485 e. The van der Waals surface area contributed by atoms with Gasteiger partial charge in [0.2, 0.25) is 5.89 Å². The second kappa shape index (κ2) is 7.37. The number of aryl methyl sites for hydroxylation is 1. The van der Waals surface area contributed by atoms with Gasteiger partial charge in [-0.15, -0.1) is 0 Å². The molecule has 9 heteroatoms. The lowest BCUT2D eigenvalue weighted by Crippen LogP contribution is -2.39. The van der Waals surface area contributed by atoms with Crippen LogP contribution in [0.5, 0.6) is 5.75 Å². The van der Waals surface area contributed by atoms with Crippen molar-refractivity contribution in [2.75, 3.05) is 32.1 Å². The zero-order valence-electron chi connectivity index (χ0n) is 14.6. The molecular weight excluding hydrogens is 324 g/mol. The van der Waals surface area contributed by atoms with Gasteiger partial charge in [-0.25, -0.2) is 9.78 Å². The van der Waals surface area contributed by atoms with Crippen LogP contribution in [0.25, 0.3) is 0 Å². The third-order valence-corrected chi connectivity index (χ3v) is 3.86.